The number of phenolic OH excluding ortho intramolecular Hbond substituents is 1. The van der Waals surface area contributed by atoms with E-state index in [1.54, 1.807) is 52.1 Å². The third-order valence-electron chi connectivity index (χ3n) is 16.4. The number of para-hydroxylation sites is 1. The molecule has 1 aliphatic rings. The van der Waals surface area contributed by atoms with Crippen LogP contribution in [0.3, 0.4) is 0 Å². The first-order valence-corrected chi connectivity index (χ1v) is 32.3. The number of unbranched alkanes of at least 4 members (excludes halogenated alkanes) is 2. The van der Waals surface area contributed by atoms with Crippen molar-refractivity contribution in [2.45, 2.75) is 199 Å². The number of aliphatic carboxylic acids is 1. The molecule has 5 rings (SSSR count). The zero-order valence-electron chi connectivity index (χ0n) is 55.1. The Labute approximate surface area is 547 Å². The Balaban J connectivity index is 1.31. The summed E-state index contributed by atoms with van der Waals surface area (Å²) in [6.45, 7) is 14.1. The molecule has 1 aliphatic heterocycles. The minimum absolute atomic E-state index is 0.0373. The molecule has 0 aliphatic carbocycles. The number of fused-ring (bicyclic) bond motifs is 1. The number of aromatic nitrogens is 3. The molecule has 1 saturated heterocycles. The molecular weight excluding hydrogens is 1210 g/mol. The molecule has 0 saturated carbocycles. The first kappa shape index (κ1) is 75.8. The summed E-state index contributed by atoms with van der Waals surface area (Å²) in [5.41, 5.74) is 19.7. The molecule has 11 atom stereocenters. The Bertz CT molecular complexity index is 3190. The Hall–Kier alpha value is -8.96. The molecule has 94 heavy (non-hydrogen) atoms. The van der Waals surface area contributed by atoms with E-state index < -0.39 is 143 Å². The third-order valence-corrected chi connectivity index (χ3v) is 16.4. The SMILES string of the molecule is CC(C)C[C@H](NC(=O)[C@H](Cc1ccc(O)cc1)NC(=O)[C@@H](NC(=O)[C@@H](N)CCCCN)C(C)C)C(=O)N[C@@H](C)C(=O)N[C@@H](Cc1c[nH]c2ccccc12)C(=O)N[C@H](C(=O)N1CCC[C@H]1C(=O)N[C@@H](C)C(=O)N[C@@H](Cc1cnc[nH]1)C(=O)N[C@@H](CCCCN)C(=O)O)C(C)C. The number of carbonyl (C=O) groups excluding carboxylic acids is 10. The molecule has 10 amide bonds. The van der Waals surface area contributed by atoms with Gasteiger partial charge >= 0.3 is 5.97 Å². The van der Waals surface area contributed by atoms with Gasteiger partial charge in [-0.25, -0.2) is 9.78 Å². The maximum atomic E-state index is 14.8. The Kier molecular flexibility index (Phi) is 29.9. The fraction of sp³-hybridized carbons (Fsp3) is 0.569. The normalized spacial score (nSPS) is 16.3. The predicted octanol–water partition coefficient (Wildman–Crippen LogP) is 0.0465. The lowest BCUT2D eigenvalue weighted by Gasteiger charge is -2.32. The fourth-order valence-corrected chi connectivity index (χ4v) is 10.9. The summed E-state index contributed by atoms with van der Waals surface area (Å²) in [5, 5.41) is 44.9. The maximum absolute atomic E-state index is 14.8. The van der Waals surface area contributed by atoms with Crippen LogP contribution in [0.5, 0.6) is 5.75 Å². The Morgan fingerprint density at radius 2 is 1.13 bits per heavy atom. The molecule has 516 valence electrons. The number of nitrogens with two attached hydrogens (primary N) is 3. The summed E-state index contributed by atoms with van der Waals surface area (Å²) < 4.78 is 0. The number of amides is 10. The van der Waals surface area contributed by atoms with Crippen molar-refractivity contribution in [3.05, 3.63) is 84.1 Å². The number of aromatic amines is 2. The summed E-state index contributed by atoms with van der Waals surface area (Å²) in [6, 6.07) is -0.226. The predicted molar refractivity (Wildman–Crippen MR) is 350 cm³/mol. The second-order valence-electron chi connectivity index (χ2n) is 25.3. The van der Waals surface area contributed by atoms with Crippen molar-refractivity contribution in [3.8, 4) is 5.75 Å². The second-order valence-corrected chi connectivity index (χ2v) is 25.3. The van der Waals surface area contributed by atoms with Crippen molar-refractivity contribution in [3.63, 3.8) is 0 Å². The van der Waals surface area contributed by atoms with E-state index in [0.717, 1.165) is 10.9 Å². The number of carboxylic acids is 1. The fourth-order valence-electron chi connectivity index (χ4n) is 10.9. The summed E-state index contributed by atoms with van der Waals surface area (Å²) in [4.78, 5) is 165. The van der Waals surface area contributed by atoms with Gasteiger partial charge in [0, 0.05) is 54.8 Å². The quantitative estimate of drug-likeness (QED) is 0.0264. The number of aromatic hydroxyl groups is 1. The highest BCUT2D eigenvalue weighted by atomic mass is 16.4. The van der Waals surface area contributed by atoms with Gasteiger partial charge in [-0.3, -0.25) is 47.9 Å². The average Bonchev–Trinajstić information content (AvgIpc) is 1.61. The number of imidazole rings is 1. The zero-order chi connectivity index (χ0) is 69.3. The number of nitrogens with zero attached hydrogens (tertiary/aromatic N) is 2. The van der Waals surface area contributed by atoms with Crippen LogP contribution in [-0.2, 0) is 72.0 Å². The molecule has 0 bridgehead atoms. The number of nitrogens with one attached hydrogen (secondary N) is 11. The second kappa shape index (κ2) is 37.1. The van der Waals surface area contributed by atoms with Crippen LogP contribution in [0.4, 0.5) is 0 Å². The highest BCUT2D eigenvalue weighted by Gasteiger charge is 2.41. The van der Waals surface area contributed by atoms with Gasteiger partial charge < -0.3 is 90.1 Å². The standard InChI is InChI=1S/C65H98N16O13/c1-35(2)28-48(77-59(87)49(29-40-21-23-43(82)24-22-40)78-63(91)53(36(3)4)79-57(85)45(68)17-11-13-25-66)58(86)72-38(7)55(83)75-50(30-41-32-70-46-18-10-9-16-44(41)46)61(89)80-54(37(5)6)64(92)81-27-15-20-52(81)62(90)73-39(8)56(84)76-51(31-42-33-69-34-71-42)60(88)74-47(65(93)94)19-12-14-26-67/h9-10,16,18,21-24,32-39,45,47-54,70,82H,11-15,17,19-20,25-31,66-68H2,1-8H3,(H,69,71)(H,72,86)(H,73,90)(H,74,88)(H,75,83)(H,76,84)(H,77,87)(H,78,91)(H,79,85)(H,80,89)(H,93,94)/t38-,39-,45-,47-,48-,49-,50-,51-,52-,53-,54-/m0/s1. The number of rotatable bonds is 38. The lowest BCUT2D eigenvalue weighted by Crippen LogP contribution is -2.61. The largest absolute Gasteiger partial charge is 0.508 e. The number of hydrogen-bond donors (Lipinski definition) is 16. The van der Waals surface area contributed by atoms with E-state index in [1.807, 2.05) is 32.0 Å². The number of carbonyl (C=O) groups is 11. The van der Waals surface area contributed by atoms with Crippen LogP contribution < -0.4 is 65.1 Å². The van der Waals surface area contributed by atoms with Gasteiger partial charge in [-0.05, 0) is 125 Å². The van der Waals surface area contributed by atoms with Crippen molar-refractivity contribution in [1.29, 1.82) is 0 Å². The summed E-state index contributed by atoms with van der Waals surface area (Å²) in [6.07, 6.45) is 7.52. The minimum Gasteiger partial charge on any atom is -0.508 e. The molecule has 29 heteroatoms. The van der Waals surface area contributed by atoms with E-state index in [9.17, 15) is 63.0 Å². The van der Waals surface area contributed by atoms with E-state index >= 15 is 0 Å². The monoisotopic (exact) mass is 1310 g/mol. The van der Waals surface area contributed by atoms with Gasteiger partial charge in [0.1, 0.15) is 66.2 Å². The molecule has 4 aromatic rings. The molecule has 2 aromatic carbocycles. The molecule has 0 radical (unpaired) electrons. The molecule has 3 heterocycles. The highest BCUT2D eigenvalue weighted by molar-refractivity contribution is 5.99. The number of benzene rings is 2. The van der Waals surface area contributed by atoms with E-state index in [1.165, 1.54) is 43.4 Å². The smallest absolute Gasteiger partial charge is 0.326 e. The van der Waals surface area contributed by atoms with E-state index in [2.05, 4.69) is 62.8 Å². The maximum Gasteiger partial charge on any atom is 0.326 e. The van der Waals surface area contributed by atoms with E-state index in [0.29, 0.717) is 68.4 Å². The van der Waals surface area contributed by atoms with Crippen LogP contribution in [0.2, 0.25) is 0 Å². The lowest BCUT2D eigenvalue weighted by atomic mass is 9.99. The van der Waals surface area contributed by atoms with Crippen LogP contribution >= 0.6 is 0 Å². The van der Waals surface area contributed by atoms with Crippen LogP contribution in [0.1, 0.15) is 130 Å². The minimum atomic E-state index is -1.37. The van der Waals surface area contributed by atoms with Crippen molar-refractivity contribution < 1.29 is 63.0 Å². The summed E-state index contributed by atoms with van der Waals surface area (Å²) in [7, 11) is 0. The Morgan fingerprint density at radius 3 is 1.72 bits per heavy atom. The number of likely N-dealkylation sites (tertiary alicyclic amines) is 1. The first-order chi connectivity index (χ1) is 44.6. The third kappa shape index (κ3) is 23.0. The number of phenols is 1. The molecular formula is C65H98N16O13. The van der Waals surface area contributed by atoms with Gasteiger partial charge in [0.15, 0.2) is 0 Å². The molecule has 19 N–H and O–H groups in total. The first-order valence-electron chi connectivity index (χ1n) is 32.3. The van der Waals surface area contributed by atoms with E-state index in [4.69, 9.17) is 17.2 Å². The van der Waals surface area contributed by atoms with Crippen molar-refractivity contribution >= 4 is 75.9 Å². The van der Waals surface area contributed by atoms with Crippen LogP contribution in [0.15, 0.2) is 67.3 Å². The van der Waals surface area contributed by atoms with Crippen LogP contribution in [0, 0.1) is 17.8 Å². The average molecular weight is 1310 g/mol. The van der Waals surface area contributed by atoms with Gasteiger partial charge in [0.05, 0.1) is 12.4 Å². The zero-order valence-corrected chi connectivity index (χ0v) is 55.1. The number of hydrogen-bond acceptors (Lipinski definition) is 16. The van der Waals surface area contributed by atoms with Gasteiger partial charge in [0.25, 0.3) is 0 Å². The summed E-state index contributed by atoms with van der Waals surface area (Å²) in [5.74, 6) is -9.77. The molecule has 0 unspecified atom stereocenters. The molecule has 29 nitrogen and oxygen atoms in total. The Morgan fingerprint density at radius 1 is 0.585 bits per heavy atom. The van der Waals surface area contributed by atoms with Crippen molar-refractivity contribution in [2.75, 3.05) is 19.6 Å². The van der Waals surface area contributed by atoms with E-state index in [-0.39, 0.29) is 56.7 Å². The highest BCUT2D eigenvalue weighted by Crippen LogP contribution is 2.23. The van der Waals surface area contributed by atoms with Gasteiger partial charge in [-0.1, -0.05) is 78.3 Å². The molecule has 0 spiro atoms. The topological polar surface area (TPSA) is 462 Å². The van der Waals surface area contributed by atoms with Crippen LogP contribution in [0.25, 0.3) is 10.9 Å². The number of carboxylic acid groups (broad SMARTS) is 1. The van der Waals surface area contributed by atoms with Crippen molar-refractivity contribution in [2.24, 2.45) is 35.0 Å². The lowest BCUT2D eigenvalue weighted by molar-refractivity contribution is -0.143. The molecule has 1 fully saturated rings. The summed E-state index contributed by atoms with van der Waals surface area (Å²) >= 11 is 0. The van der Waals surface area contributed by atoms with Crippen LogP contribution in [-0.4, -0.2) is 181 Å². The van der Waals surface area contributed by atoms with Gasteiger partial charge in [-0.2, -0.15) is 0 Å². The van der Waals surface area contributed by atoms with Gasteiger partial charge in [0.2, 0.25) is 59.1 Å². The van der Waals surface area contributed by atoms with Gasteiger partial charge in [-0.15, -0.1) is 0 Å². The number of H-pyrrole nitrogens is 2. The molecule has 2 aromatic heterocycles. The van der Waals surface area contributed by atoms with Crippen molar-refractivity contribution in [1.82, 2.24) is 67.7 Å².